The highest BCUT2D eigenvalue weighted by Crippen LogP contribution is 2.29. The van der Waals surface area contributed by atoms with Gasteiger partial charge in [-0.15, -0.1) is 0 Å². The van der Waals surface area contributed by atoms with E-state index in [1.54, 1.807) is 8.61 Å². The van der Waals surface area contributed by atoms with Crippen molar-refractivity contribution in [2.45, 2.75) is 44.1 Å². The van der Waals surface area contributed by atoms with Crippen LogP contribution in [0.15, 0.2) is 0 Å². The van der Waals surface area contributed by atoms with Gasteiger partial charge in [-0.05, 0) is 31.8 Å². The molecular formula is C14H29N3O2S2. The Morgan fingerprint density at radius 2 is 1.67 bits per heavy atom. The number of piperidine rings is 1. The molecule has 0 bridgehead atoms. The van der Waals surface area contributed by atoms with Gasteiger partial charge in [0.25, 0.3) is 10.2 Å². The van der Waals surface area contributed by atoms with Crippen molar-refractivity contribution in [2.24, 2.45) is 5.92 Å². The van der Waals surface area contributed by atoms with Crippen LogP contribution in [-0.4, -0.2) is 66.8 Å². The molecule has 21 heavy (non-hydrogen) atoms. The van der Waals surface area contributed by atoms with E-state index in [1.807, 2.05) is 11.8 Å². The van der Waals surface area contributed by atoms with Crippen molar-refractivity contribution < 1.29 is 8.42 Å². The summed E-state index contributed by atoms with van der Waals surface area (Å²) < 4.78 is 29.0. The van der Waals surface area contributed by atoms with Crippen molar-refractivity contribution in [3.63, 3.8) is 0 Å². The molecule has 0 aromatic heterocycles. The monoisotopic (exact) mass is 335 g/mol. The van der Waals surface area contributed by atoms with E-state index in [-0.39, 0.29) is 0 Å². The smallest absolute Gasteiger partial charge is 0.282 e. The number of rotatable bonds is 5. The quantitative estimate of drug-likeness (QED) is 0.825. The van der Waals surface area contributed by atoms with Crippen LogP contribution in [0.3, 0.4) is 0 Å². The normalized spacial score (nSPS) is 30.6. The lowest BCUT2D eigenvalue weighted by atomic mass is 9.98. The Bertz CT molecular complexity index is 412. The summed E-state index contributed by atoms with van der Waals surface area (Å²) in [5.41, 5.74) is 0. The third kappa shape index (κ3) is 4.58. The summed E-state index contributed by atoms with van der Waals surface area (Å²) in [6.07, 6.45) is 1.94. The molecule has 2 saturated heterocycles. The summed E-state index contributed by atoms with van der Waals surface area (Å²) in [7, 11) is -3.26. The highest BCUT2D eigenvalue weighted by molar-refractivity contribution is 8.00. The minimum absolute atomic E-state index is 0.384. The lowest BCUT2D eigenvalue weighted by Gasteiger charge is -2.39. The molecule has 2 heterocycles. The molecule has 0 amide bonds. The molecule has 0 aromatic rings. The lowest BCUT2D eigenvalue weighted by Crippen LogP contribution is -2.52. The van der Waals surface area contributed by atoms with Gasteiger partial charge in [-0.3, -0.25) is 0 Å². The van der Waals surface area contributed by atoms with E-state index in [0.29, 0.717) is 42.6 Å². The van der Waals surface area contributed by atoms with Crippen LogP contribution < -0.4 is 5.32 Å². The molecule has 7 heteroatoms. The second kappa shape index (κ2) is 7.64. The molecule has 0 spiro atoms. The highest BCUT2D eigenvalue weighted by Gasteiger charge is 2.36. The summed E-state index contributed by atoms with van der Waals surface area (Å²) in [4.78, 5) is 0. The average Bonchev–Trinajstić information content (AvgIpc) is 2.44. The molecule has 124 valence electrons. The Balaban J connectivity index is 1.92. The van der Waals surface area contributed by atoms with Crippen LogP contribution in [0, 0.1) is 5.92 Å². The molecule has 2 rings (SSSR count). The predicted molar refractivity (Wildman–Crippen MR) is 89.8 cm³/mol. The van der Waals surface area contributed by atoms with E-state index >= 15 is 0 Å². The number of hydrogen-bond acceptors (Lipinski definition) is 4. The van der Waals surface area contributed by atoms with Crippen LogP contribution in [0.1, 0.15) is 33.6 Å². The second-order valence-corrected chi connectivity index (χ2v) is 10.0. The third-order valence-electron chi connectivity index (χ3n) is 4.30. The Morgan fingerprint density at radius 3 is 2.19 bits per heavy atom. The molecular weight excluding hydrogens is 306 g/mol. The van der Waals surface area contributed by atoms with E-state index in [1.165, 1.54) is 0 Å². The molecule has 0 radical (unpaired) electrons. The first-order valence-electron chi connectivity index (χ1n) is 8.04. The first kappa shape index (κ1) is 17.5. The molecule has 2 fully saturated rings. The predicted octanol–water partition coefficient (Wildman–Crippen LogP) is 1.38. The summed E-state index contributed by atoms with van der Waals surface area (Å²) >= 11 is 1.88. The standard InChI is InChI=1S/C14H29N3O2S2/c1-4-15-9-14-5-7-16(8-6-14)21(18,19)17-10-12(2)20-13(3)11-17/h12-15H,4-11H2,1-3H3. The fourth-order valence-corrected chi connectivity index (χ4v) is 6.51. The molecule has 2 atom stereocenters. The van der Waals surface area contributed by atoms with Crippen molar-refractivity contribution in [3.05, 3.63) is 0 Å². The van der Waals surface area contributed by atoms with Gasteiger partial charge in [0.05, 0.1) is 0 Å². The van der Waals surface area contributed by atoms with Gasteiger partial charge in [-0.1, -0.05) is 20.8 Å². The van der Waals surface area contributed by atoms with Crippen LogP contribution >= 0.6 is 11.8 Å². The first-order chi connectivity index (χ1) is 9.93. The largest absolute Gasteiger partial charge is 0.317 e. The lowest BCUT2D eigenvalue weighted by molar-refractivity contribution is 0.249. The Morgan fingerprint density at radius 1 is 1.10 bits per heavy atom. The van der Waals surface area contributed by atoms with E-state index in [0.717, 1.165) is 25.9 Å². The molecule has 2 aliphatic rings. The van der Waals surface area contributed by atoms with Crippen LogP contribution in [0.4, 0.5) is 0 Å². The zero-order valence-electron chi connectivity index (χ0n) is 13.4. The zero-order valence-corrected chi connectivity index (χ0v) is 15.0. The van der Waals surface area contributed by atoms with Gasteiger partial charge < -0.3 is 5.32 Å². The topological polar surface area (TPSA) is 52.7 Å². The van der Waals surface area contributed by atoms with Crippen molar-refractivity contribution in [1.29, 1.82) is 0 Å². The van der Waals surface area contributed by atoms with Gasteiger partial charge in [0, 0.05) is 36.7 Å². The van der Waals surface area contributed by atoms with Crippen molar-refractivity contribution in [1.82, 2.24) is 13.9 Å². The van der Waals surface area contributed by atoms with Gasteiger partial charge in [-0.2, -0.15) is 28.8 Å². The Kier molecular flexibility index (Phi) is 6.38. The molecule has 1 N–H and O–H groups in total. The molecule has 0 aliphatic carbocycles. The Labute approximate surface area is 134 Å². The minimum Gasteiger partial charge on any atom is -0.317 e. The number of nitrogens with one attached hydrogen (secondary N) is 1. The van der Waals surface area contributed by atoms with Crippen molar-refractivity contribution in [2.75, 3.05) is 39.3 Å². The second-order valence-electron chi connectivity index (χ2n) is 6.23. The maximum atomic E-state index is 12.8. The summed E-state index contributed by atoms with van der Waals surface area (Å²) in [6, 6.07) is 0. The van der Waals surface area contributed by atoms with Gasteiger partial charge in [-0.25, -0.2) is 0 Å². The maximum absolute atomic E-state index is 12.8. The highest BCUT2D eigenvalue weighted by atomic mass is 32.2. The average molecular weight is 336 g/mol. The molecule has 5 nitrogen and oxygen atoms in total. The van der Waals surface area contributed by atoms with Crippen LogP contribution in [0.5, 0.6) is 0 Å². The van der Waals surface area contributed by atoms with E-state index in [2.05, 4.69) is 26.1 Å². The van der Waals surface area contributed by atoms with E-state index < -0.39 is 10.2 Å². The first-order valence-corrected chi connectivity index (χ1v) is 10.4. The van der Waals surface area contributed by atoms with E-state index in [9.17, 15) is 8.42 Å². The fraction of sp³-hybridized carbons (Fsp3) is 1.00. The zero-order chi connectivity index (χ0) is 15.5. The maximum Gasteiger partial charge on any atom is 0.282 e. The van der Waals surface area contributed by atoms with Crippen LogP contribution in [-0.2, 0) is 10.2 Å². The van der Waals surface area contributed by atoms with Gasteiger partial charge in [0.2, 0.25) is 0 Å². The van der Waals surface area contributed by atoms with Crippen molar-refractivity contribution in [3.8, 4) is 0 Å². The molecule has 0 saturated carbocycles. The van der Waals surface area contributed by atoms with E-state index in [4.69, 9.17) is 0 Å². The van der Waals surface area contributed by atoms with Gasteiger partial charge in [0.1, 0.15) is 0 Å². The van der Waals surface area contributed by atoms with Crippen LogP contribution in [0.2, 0.25) is 0 Å². The number of hydrogen-bond donors (Lipinski definition) is 1. The third-order valence-corrected chi connectivity index (χ3v) is 7.49. The van der Waals surface area contributed by atoms with Gasteiger partial charge in [0.15, 0.2) is 0 Å². The van der Waals surface area contributed by atoms with Gasteiger partial charge >= 0.3 is 0 Å². The molecule has 2 unspecified atom stereocenters. The number of nitrogens with zero attached hydrogens (tertiary/aromatic N) is 2. The molecule has 0 aromatic carbocycles. The van der Waals surface area contributed by atoms with Crippen molar-refractivity contribution >= 4 is 22.0 Å². The van der Waals surface area contributed by atoms with Crippen LogP contribution in [0.25, 0.3) is 0 Å². The summed E-state index contributed by atoms with van der Waals surface area (Å²) in [6.45, 7) is 11.0. The SMILES string of the molecule is CCNCC1CCN(S(=O)(=O)N2CC(C)SC(C)C2)CC1. The Hall–Kier alpha value is 0.180. The fourth-order valence-electron chi connectivity index (χ4n) is 3.17. The summed E-state index contributed by atoms with van der Waals surface area (Å²) in [5, 5.41) is 4.13. The summed E-state index contributed by atoms with van der Waals surface area (Å²) in [5.74, 6) is 0.617. The number of thioether (sulfide) groups is 1. The molecule has 2 aliphatic heterocycles. The minimum atomic E-state index is -3.26.